The Labute approximate surface area is 88.7 Å². The third-order valence-corrected chi connectivity index (χ3v) is 2.31. The van der Waals surface area contributed by atoms with Gasteiger partial charge in [-0.2, -0.15) is 0 Å². The molecule has 4 nitrogen and oxygen atoms in total. The SMILES string of the molecule is CCNCc1cnc(-c2ccoc2C)[nH]1. The minimum Gasteiger partial charge on any atom is -0.469 e. The lowest BCUT2D eigenvalue weighted by atomic mass is 10.2. The van der Waals surface area contributed by atoms with Crippen LogP contribution in [-0.2, 0) is 6.54 Å². The fraction of sp³-hybridized carbons (Fsp3) is 0.364. The zero-order chi connectivity index (χ0) is 10.7. The molecular formula is C11H15N3O. The van der Waals surface area contributed by atoms with E-state index in [2.05, 4.69) is 22.2 Å². The van der Waals surface area contributed by atoms with Crippen molar-refractivity contribution in [1.29, 1.82) is 0 Å². The van der Waals surface area contributed by atoms with Gasteiger partial charge in [0.05, 0.1) is 11.8 Å². The summed E-state index contributed by atoms with van der Waals surface area (Å²) in [4.78, 5) is 7.57. The Morgan fingerprint density at radius 1 is 1.53 bits per heavy atom. The number of aryl methyl sites for hydroxylation is 1. The van der Waals surface area contributed by atoms with Crippen molar-refractivity contribution >= 4 is 0 Å². The van der Waals surface area contributed by atoms with Crippen LogP contribution < -0.4 is 5.32 Å². The van der Waals surface area contributed by atoms with Crippen molar-refractivity contribution in [1.82, 2.24) is 15.3 Å². The van der Waals surface area contributed by atoms with Crippen molar-refractivity contribution in [3.63, 3.8) is 0 Å². The van der Waals surface area contributed by atoms with Gasteiger partial charge in [0.1, 0.15) is 11.6 Å². The van der Waals surface area contributed by atoms with Crippen LogP contribution in [0.3, 0.4) is 0 Å². The molecule has 4 heteroatoms. The van der Waals surface area contributed by atoms with Crippen molar-refractivity contribution in [2.45, 2.75) is 20.4 Å². The minimum absolute atomic E-state index is 0.820. The number of furan rings is 1. The Hall–Kier alpha value is -1.55. The van der Waals surface area contributed by atoms with Crippen LogP contribution in [0.5, 0.6) is 0 Å². The molecule has 80 valence electrons. The number of hydrogen-bond donors (Lipinski definition) is 2. The molecule has 2 heterocycles. The highest BCUT2D eigenvalue weighted by atomic mass is 16.3. The predicted molar refractivity (Wildman–Crippen MR) is 58.4 cm³/mol. The van der Waals surface area contributed by atoms with Crippen LogP contribution in [0.25, 0.3) is 11.4 Å². The molecule has 2 aromatic rings. The molecule has 0 aromatic carbocycles. The lowest BCUT2D eigenvalue weighted by Gasteiger charge is -1.97. The van der Waals surface area contributed by atoms with Gasteiger partial charge in [-0.05, 0) is 19.5 Å². The van der Waals surface area contributed by atoms with E-state index in [1.165, 1.54) is 0 Å². The zero-order valence-electron chi connectivity index (χ0n) is 9.00. The van der Waals surface area contributed by atoms with Crippen LogP contribution in [0.15, 0.2) is 22.9 Å². The second-order valence-electron chi connectivity index (χ2n) is 3.43. The van der Waals surface area contributed by atoms with E-state index in [1.54, 1.807) is 6.26 Å². The van der Waals surface area contributed by atoms with Gasteiger partial charge >= 0.3 is 0 Å². The number of rotatable bonds is 4. The number of nitrogens with zero attached hydrogens (tertiary/aromatic N) is 1. The van der Waals surface area contributed by atoms with Crippen LogP contribution in [0.2, 0.25) is 0 Å². The first kappa shape index (κ1) is 9.98. The third-order valence-electron chi connectivity index (χ3n) is 2.31. The summed E-state index contributed by atoms with van der Waals surface area (Å²) in [6.45, 7) is 5.79. The predicted octanol–water partition coefficient (Wildman–Crippen LogP) is 2.09. The highest BCUT2D eigenvalue weighted by Crippen LogP contribution is 2.20. The number of H-pyrrole nitrogens is 1. The number of aromatic amines is 1. The van der Waals surface area contributed by atoms with Crippen LogP contribution >= 0.6 is 0 Å². The molecule has 0 spiro atoms. The Morgan fingerprint density at radius 3 is 3.07 bits per heavy atom. The Bertz CT molecular complexity index is 430. The van der Waals surface area contributed by atoms with Crippen LogP contribution in [-0.4, -0.2) is 16.5 Å². The van der Waals surface area contributed by atoms with Gasteiger partial charge in [0.15, 0.2) is 0 Å². The van der Waals surface area contributed by atoms with Crippen molar-refractivity contribution in [2.75, 3.05) is 6.54 Å². The molecule has 2 aromatic heterocycles. The highest BCUT2D eigenvalue weighted by molar-refractivity contribution is 5.57. The van der Waals surface area contributed by atoms with Gasteiger partial charge in [0.25, 0.3) is 0 Å². The summed E-state index contributed by atoms with van der Waals surface area (Å²) in [7, 11) is 0. The summed E-state index contributed by atoms with van der Waals surface area (Å²) in [5.74, 6) is 1.76. The minimum atomic E-state index is 0.820. The molecule has 0 bridgehead atoms. The first-order valence-corrected chi connectivity index (χ1v) is 5.10. The normalized spacial score (nSPS) is 10.8. The fourth-order valence-corrected chi connectivity index (χ4v) is 1.48. The van der Waals surface area contributed by atoms with E-state index in [9.17, 15) is 0 Å². The van der Waals surface area contributed by atoms with Crippen molar-refractivity contribution in [3.8, 4) is 11.4 Å². The molecule has 0 saturated carbocycles. The number of nitrogens with one attached hydrogen (secondary N) is 2. The summed E-state index contributed by atoms with van der Waals surface area (Å²) in [5, 5.41) is 3.24. The van der Waals surface area contributed by atoms with E-state index in [1.807, 2.05) is 19.2 Å². The lowest BCUT2D eigenvalue weighted by molar-refractivity contribution is 0.535. The van der Waals surface area contributed by atoms with Gasteiger partial charge in [0, 0.05) is 18.4 Å². The van der Waals surface area contributed by atoms with Gasteiger partial charge in [-0.3, -0.25) is 0 Å². The lowest BCUT2D eigenvalue weighted by Crippen LogP contribution is -2.11. The summed E-state index contributed by atoms with van der Waals surface area (Å²) in [5.41, 5.74) is 2.12. The molecule has 0 amide bonds. The number of imidazole rings is 1. The summed E-state index contributed by atoms with van der Waals surface area (Å²) in [6.07, 6.45) is 3.53. The maximum atomic E-state index is 5.23. The summed E-state index contributed by atoms with van der Waals surface area (Å²) >= 11 is 0. The van der Waals surface area contributed by atoms with Crippen molar-refractivity contribution in [2.24, 2.45) is 0 Å². The van der Waals surface area contributed by atoms with Crippen LogP contribution in [0, 0.1) is 6.92 Å². The highest BCUT2D eigenvalue weighted by Gasteiger charge is 2.07. The van der Waals surface area contributed by atoms with Gasteiger partial charge in [-0.15, -0.1) is 0 Å². The van der Waals surface area contributed by atoms with Crippen LogP contribution in [0.4, 0.5) is 0 Å². The van der Waals surface area contributed by atoms with E-state index < -0.39 is 0 Å². The summed E-state index contributed by atoms with van der Waals surface area (Å²) < 4.78 is 5.23. The molecule has 0 aliphatic carbocycles. The fourth-order valence-electron chi connectivity index (χ4n) is 1.48. The molecule has 0 aliphatic heterocycles. The molecular weight excluding hydrogens is 190 g/mol. The van der Waals surface area contributed by atoms with Gasteiger partial charge in [0.2, 0.25) is 0 Å². The van der Waals surface area contributed by atoms with Crippen LogP contribution in [0.1, 0.15) is 18.4 Å². The quantitative estimate of drug-likeness (QED) is 0.803. The Kier molecular flexibility index (Phi) is 2.87. The average molecular weight is 205 g/mol. The Morgan fingerprint density at radius 2 is 2.40 bits per heavy atom. The van der Waals surface area contributed by atoms with Crippen molar-refractivity contribution in [3.05, 3.63) is 30.0 Å². The molecule has 2 N–H and O–H groups in total. The molecule has 0 saturated heterocycles. The average Bonchev–Trinajstić information content (AvgIpc) is 2.83. The summed E-state index contributed by atoms with van der Waals surface area (Å²) in [6, 6.07) is 1.92. The zero-order valence-corrected chi connectivity index (χ0v) is 9.00. The van der Waals surface area contributed by atoms with Gasteiger partial charge in [-0.25, -0.2) is 4.98 Å². The molecule has 15 heavy (non-hydrogen) atoms. The topological polar surface area (TPSA) is 53.9 Å². The molecule has 2 rings (SSSR count). The Balaban J connectivity index is 2.17. The van der Waals surface area contributed by atoms with Crippen molar-refractivity contribution < 1.29 is 4.42 Å². The second-order valence-corrected chi connectivity index (χ2v) is 3.43. The van der Waals surface area contributed by atoms with Gasteiger partial charge < -0.3 is 14.7 Å². The van der Waals surface area contributed by atoms with E-state index in [-0.39, 0.29) is 0 Å². The molecule has 0 aliphatic rings. The first-order chi connectivity index (χ1) is 7.31. The standard InChI is InChI=1S/C11H15N3O/c1-3-12-6-9-7-13-11(14-9)10-4-5-15-8(10)2/h4-5,7,12H,3,6H2,1-2H3,(H,13,14). The molecule has 0 fully saturated rings. The monoisotopic (exact) mass is 205 g/mol. The van der Waals surface area contributed by atoms with E-state index >= 15 is 0 Å². The van der Waals surface area contributed by atoms with E-state index in [0.717, 1.165) is 35.9 Å². The molecule has 0 unspecified atom stereocenters. The van der Waals surface area contributed by atoms with E-state index in [4.69, 9.17) is 4.42 Å². The van der Waals surface area contributed by atoms with Gasteiger partial charge in [-0.1, -0.05) is 6.92 Å². The first-order valence-electron chi connectivity index (χ1n) is 5.10. The smallest absolute Gasteiger partial charge is 0.141 e. The second kappa shape index (κ2) is 4.31. The maximum absolute atomic E-state index is 5.23. The number of aromatic nitrogens is 2. The molecule has 0 atom stereocenters. The maximum Gasteiger partial charge on any atom is 0.141 e. The largest absolute Gasteiger partial charge is 0.469 e. The number of hydrogen-bond acceptors (Lipinski definition) is 3. The third kappa shape index (κ3) is 2.10. The molecule has 0 radical (unpaired) electrons. The van der Waals surface area contributed by atoms with E-state index in [0.29, 0.717) is 0 Å².